The van der Waals surface area contributed by atoms with E-state index < -0.39 is 16.4 Å². The summed E-state index contributed by atoms with van der Waals surface area (Å²) in [6, 6.07) is 3.60. The monoisotopic (exact) mass is 296 g/mol. The molecule has 8 heteroatoms. The van der Waals surface area contributed by atoms with Crippen molar-refractivity contribution in [1.82, 2.24) is 0 Å². The summed E-state index contributed by atoms with van der Waals surface area (Å²) >= 11 is 0. The lowest BCUT2D eigenvalue weighted by atomic mass is 9.90. The normalized spacial score (nSPS) is 17.2. The minimum atomic E-state index is -1.26. The Morgan fingerprint density at radius 2 is 2.10 bits per heavy atom. The summed E-state index contributed by atoms with van der Waals surface area (Å²) in [5.74, 6) is -1.26. The molecule has 0 aliphatic carbocycles. The van der Waals surface area contributed by atoms with E-state index in [4.69, 9.17) is 4.74 Å². The molecule has 1 aliphatic heterocycles. The number of carbonyl (C=O) groups is 1. The molecular weight excluding hydrogens is 280 g/mol. The highest BCUT2D eigenvalue weighted by Gasteiger charge is 2.33. The van der Waals surface area contributed by atoms with E-state index in [2.05, 4.69) is 5.32 Å². The van der Waals surface area contributed by atoms with E-state index in [-0.39, 0.29) is 23.5 Å². The molecule has 0 aromatic heterocycles. The number of nitro benzene ring substituents is 1. The Morgan fingerprint density at radius 3 is 2.62 bits per heavy atom. The van der Waals surface area contributed by atoms with Crippen molar-refractivity contribution < 1.29 is 24.7 Å². The zero-order valence-electron chi connectivity index (χ0n) is 11.2. The summed E-state index contributed by atoms with van der Waals surface area (Å²) in [6.07, 6.45) is 1.05. The van der Waals surface area contributed by atoms with Crippen LogP contribution in [0.4, 0.5) is 11.4 Å². The number of rotatable bonds is 5. The third-order valence-electron chi connectivity index (χ3n) is 3.60. The van der Waals surface area contributed by atoms with Gasteiger partial charge in [-0.3, -0.25) is 10.1 Å². The molecular formula is C13H16N2O6. The van der Waals surface area contributed by atoms with E-state index in [1.165, 1.54) is 12.1 Å². The fourth-order valence-electron chi connectivity index (χ4n) is 2.30. The second kappa shape index (κ2) is 6.06. The van der Waals surface area contributed by atoms with Crippen molar-refractivity contribution in [3.05, 3.63) is 33.9 Å². The van der Waals surface area contributed by atoms with E-state index in [0.29, 0.717) is 26.1 Å². The van der Waals surface area contributed by atoms with Gasteiger partial charge < -0.3 is 20.3 Å². The standard InChI is InChI=1S/C13H16N2O6/c16-8-13(3-5-21-6-4-13)14-11-2-1-9(15(19)20)7-10(11)12(17)18/h1-2,7,14,16H,3-6,8H2,(H,17,18). The van der Waals surface area contributed by atoms with Crippen molar-refractivity contribution in [3.8, 4) is 0 Å². The average Bonchev–Trinajstić information content (AvgIpc) is 2.48. The lowest BCUT2D eigenvalue weighted by Crippen LogP contribution is -2.47. The van der Waals surface area contributed by atoms with Gasteiger partial charge in [-0.15, -0.1) is 0 Å². The van der Waals surface area contributed by atoms with Crippen LogP contribution in [0.1, 0.15) is 23.2 Å². The second-order valence-corrected chi connectivity index (χ2v) is 4.97. The summed E-state index contributed by atoms with van der Waals surface area (Å²) in [4.78, 5) is 21.4. The van der Waals surface area contributed by atoms with Gasteiger partial charge in [0.1, 0.15) is 0 Å². The van der Waals surface area contributed by atoms with Crippen molar-refractivity contribution in [2.24, 2.45) is 0 Å². The molecule has 114 valence electrons. The van der Waals surface area contributed by atoms with E-state index in [1.807, 2.05) is 0 Å². The van der Waals surface area contributed by atoms with Crippen LogP contribution in [0.2, 0.25) is 0 Å². The Hall–Kier alpha value is -2.19. The number of hydrogen-bond donors (Lipinski definition) is 3. The Labute approximate surface area is 120 Å². The number of ether oxygens (including phenoxy) is 1. The van der Waals surface area contributed by atoms with Gasteiger partial charge >= 0.3 is 5.97 Å². The maximum atomic E-state index is 11.3. The summed E-state index contributed by atoms with van der Waals surface area (Å²) in [5.41, 5.74) is -0.894. The average molecular weight is 296 g/mol. The first kappa shape index (κ1) is 15.2. The van der Waals surface area contributed by atoms with Crippen molar-refractivity contribution in [1.29, 1.82) is 0 Å². The number of aromatic carboxylic acids is 1. The van der Waals surface area contributed by atoms with Crippen molar-refractivity contribution >= 4 is 17.3 Å². The molecule has 2 rings (SSSR count). The Morgan fingerprint density at radius 1 is 1.43 bits per heavy atom. The SMILES string of the molecule is O=C(O)c1cc([N+](=O)[O-])ccc1NC1(CO)CCOCC1. The van der Waals surface area contributed by atoms with Crippen LogP contribution in [0.5, 0.6) is 0 Å². The first-order valence-corrected chi connectivity index (χ1v) is 6.46. The second-order valence-electron chi connectivity index (χ2n) is 4.97. The van der Waals surface area contributed by atoms with Crippen molar-refractivity contribution in [3.63, 3.8) is 0 Å². The molecule has 0 amide bonds. The summed E-state index contributed by atoms with van der Waals surface area (Å²) < 4.78 is 5.24. The first-order chi connectivity index (χ1) is 9.97. The number of nitrogens with zero attached hydrogens (tertiary/aromatic N) is 1. The fourth-order valence-corrected chi connectivity index (χ4v) is 2.30. The van der Waals surface area contributed by atoms with E-state index in [0.717, 1.165) is 6.07 Å². The van der Waals surface area contributed by atoms with E-state index >= 15 is 0 Å². The number of carboxylic acid groups (broad SMARTS) is 1. The lowest BCUT2D eigenvalue weighted by molar-refractivity contribution is -0.384. The van der Waals surface area contributed by atoms with Crippen molar-refractivity contribution in [2.75, 3.05) is 25.1 Å². The molecule has 3 N–H and O–H groups in total. The minimum absolute atomic E-state index is 0.174. The van der Waals surface area contributed by atoms with Gasteiger partial charge in [0.05, 0.1) is 22.6 Å². The number of aliphatic hydroxyl groups excluding tert-OH is 1. The number of carboxylic acids is 1. The summed E-state index contributed by atoms with van der Waals surface area (Å²) in [7, 11) is 0. The van der Waals surface area contributed by atoms with Crippen LogP contribution in [0, 0.1) is 10.1 Å². The molecule has 8 nitrogen and oxygen atoms in total. The maximum Gasteiger partial charge on any atom is 0.338 e. The van der Waals surface area contributed by atoms with E-state index in [9.17, 15) is 25.1 Å². The van der Waals surface area contributed by atoms with Gasteiger partial charge in [0.25, 0.3) is 5.69 Å². The van der Waals surface area contributed by atoms with Gasteiger partial charge in [-0.2, -0.15) is 0 Å². The molecule has 0 bridgehead atoms. The zero-order valence-corrected chi connectivity index (χ0v) is 11.2. The molecule has 1 aromatic rings. The van der Waals surface area contributed by atoms with Crippen LogP contribution in [-0.2, 0) is 4.74 Å². The topological polar surface area (TPSA) is 122 Å². The van der Waals surface area contributed by atoms with E-state index in [1.54, 1.807) is 0 Å². The number of hydrogen-bond acceptors (Lipinski definition) is 6. The number of nitro groups is 1. The molecule has 1 heterocycles. The van der Waals surface area contributed by atoms with Crippen LogP contribution in [0.3, 0.4) is 0 Å². The molecule has 0 radical (unpaired) electrons. The predicted molar refractivity (Wildman–Crippen MR) is 73.5 cm³/mol. The highest BCUT2D eigenvalue weighted by Crippen LogP contribution is 2.29. The molecule has 0 atom stereocenters. The van der Waals surface area contributed by atoms with Crippen LogP contribution < -0.4 is 5.32 Å². The Bertz CT molecular complexity index is 554. The van der Waals surface area contributed by atoms with Gasteiger partial charge in [0.15, 0.2) is 0 Å². The van der Waals surface area contributed by atoms with Crippen LogP contribution in [-0.4, -0.2) is 46.5 Å². The molecule has 1 aliphatic rings. The first-order valence-electron chi connectivity index (χ1n) is 6.46. The highest BCUT2D eigenvalue weighted by atomic mass is 16.6. The quantitative estimate of drug-likeness (QED) is 0.552. The highest BCUT2D eigenvalue weighted by molar-refractivity contribution is 5.95. The number of nitrogens with one attached hydrogen (secondary N) is 1. The van der Waals surface area contributed by atoms with Gasteiger partial charge in [-0.25, -0.2) is 4.79 Å². The number of anilines is 1. The summed E-state index contributed by atoms with van der Waals surface area (Å²) in [6.45, 7) is 0.748. The van der Waals surface area contributed by atoms with Crippen LogP contribution >= 0.6 is 0 Å². The van der Waals surface area contributed by atoms with Gasteiger partial charge in [-0.05, 0) is 18.9 Å². The maximum absolute atomic E-state index is 11.3. The third kappa shape index (κ3) is 3.29. The molecule has 1 fully saturated rings. The smallest absolute Gasteiger partial charge is 0.338 e. The summed E-state index contributed by atoms with van der Waals surface area (Å²) in [5, 5.41) is 32.6. The molecule has 21 heavy (non-hydrogen) atoms. The number of benzene rings is 1. The Kier molecular flexibility index (Phi) is 4.39. The van der Waals surface area contributed by atoms with Gasteiger partial charge in [0.2, 0.25) is 0 Å². The minimum Gasteiger partial charge on any atom is -0.478 e. The Balaban J connectivity index is 2.34. The molecule has 0 spiro atoms. The molecule has 0 saturated carbocycles. The third-order valence-corrected chi connectivity index (χ3v) is 3.60. The van der Waals surface area contributed by atoms with Crippen LogP contribution in [0.15, 0.2) is 18.2 Å². The van der Waals surface area contributed by atoms with Crippen LogP contribution in [0.25, 0.3) is 0 Å². The number of non-ortho nitro benzene ring substituents is 1. The zero-order chi connectivity index (χ0) is 15.5. The predicted octanol–water partition coefficient (Wildman–Crippen LogP) is 1.25. The fraction of sp³-hybridized carbons (Fsp3) is 0.462. The largest absolute Gasteiger partial charge is 0.478 e. The van der Waals surface area contributed by atoms with Gasteiger partial charge in [0, 0.05) is 31.0 Å². The van der Waals surface area contributed by atoms with Crippen molar-refractivity contribution in [2.45, 2.75) is 18.4 Å². The molecule has 1 saturated heterocycles. The molecule has 0 unspecified atom stereocenters. The lowest BCUT2D eigenvalue weighted by Gasteiger charge is -2.37. The number of aliphatic hydroxyl groups is 1. The molecule has 1 aromatic carbocycles. The van der Waals surface area contributed by atoms with Gasteiger partial charge in [-0.1, -0.05) is 0 Å².